The van der Waals surface area contributed by atoms with Crippen LogP contribution in [0.2, 0.25) is 0 Å². The molecule has 1 amide bonds. The van der Waals surface area contributed by atoms with Crippen LogP contribution in [0.25, 0.3) is 0 Å². The zero-order valence-electron chi connectivity index (χ0n) is 8.87. The maximum absolute atomic E-state index is 12.0. The van der Waals surface area contributed by atoms with Gasteiger partial charge in [-0.15, -0.1) is 0 Å². The monoisotopic (exact) mass is 283 g/mol. The number of anilines is 1. The lowest BCUT2D eigenvalue weighted by Crippen LogP contribution is -2.47. The molecule has 0 spiro atoms. The van der Waals surface area contributed by atoms with Gasteiger partial charge in [-0.05, 0) is 40.9 Å². The van der Waals surface area contributed by atoms with Crippen molar-refractivity contribution in [1.29, 1.82) is 0 Å². The Bertz CT molecular complexity index is 381. The van der Waals surface area contributed by atoms with Crippen molar-refractivity contribution in [3.63, 3.8) is 0 Å². The van der Waals surface area contributed by atoms with Gasteiger partial charge in [-0.3, -0.25) is 4.79 Å². The first-order valence-corrected chi connectivity index (χ1v) is 6.09. The summed E-state index contributed by atoms with van der Waals surface area (Å²) in [5.41, 5.74) is 6.04. The molecule has 1 aliphatic rings. The number of aromatic nitrogens is 1. The highest BCUT2D eigenvalue weighted by Gasteiger charge is 2.42. The molecule has 3 N–H and O–H groups in total. The molecule has 0 radical (unpaired) electrons. The first-order chi connectivity index (χ1) is 7.66. The van der Waals surface area contributed by atoms with E-state index in [0.29, 0.717) is 12.2 Å². The molecule has 0 aliphatic heterocycles. The Morgan fingerprint density at radius 3 is 2.75 bits per heavy atom. The molecule has 2 rings (SSSR count). The second kappa shape index (κ2) is 4.51. The molecule has 16 heavy (non-hydrogen) atoms. The normalized spacial score (nSPS) is 17.6. The first-order valence-electron chi connectivity index (χ1n) is 5.29. The average molecular weight is 284 g/mol. The third-order valence-electron chi connectivity index (χ3n) is 3.17. The molecule has 86 valence electrons. The SMILES string of the molecule is NCC1(C(=O)Nc2ccc(Br)nc2)CCC1. The van der Waals surface area contributed by atoms with Gasteiger partial charge in [0.1, 0.15) is 4.60 Å². The summed E-state index contributed by atoms with van der Waals surface area (Å²) in [6.45, 7) is 0.419. The minimum atomic E-state index is -0.340. The number of halogens is 1. The van der Waals surface area contributed by atoms with Crippen LogP contribution in [0.1, 0.15) is 19.3 Å². The van der Waals surface area contributed by atoms with E-state index in [-0.39, 0.29) is 11.3 Å². The van der Waals surface area contributed by atoms with Gasteiger partial charge in [0.25, 0.3) is 0 Å². The second-order valence-electron chi connectivity index (χ2n) is 4.16. The Kier molecular flexibility index (Phi) is 3.25. The summed E-state index contributed by atoms with van der Waals surface area (Å²) in [5, 5.41) is 2.86. The van der Waals surface area contributed by atoms with E-state index in [0.717, 1.165) is 23.9 Å². The number of amides is 1. The van der Waals surface area contributed by atoms with Crippen molar-refractivity contribution in [2.45, 2.75) is 19.3 Å². The van der Waals surface area contributed by atoms with Crippen molar-refractivity contribution >= 4 is 27.5 Å². The molecule has 1 fully saturated rings. The van der Waals surface area contributed by atoms with E-state index in [2.05, 4.69) is 26.2 Å². The van der Waals surface area contributed by atoms with Crippen LogP contribution in [-0.2, 0) is 4.79 Å². The fourth-order valence-electron chi connectivity index (χ4n) is 1.84. The zero-order chi connectivity index (χ0) is 11.6. The molecule has 1 saturated carbocycles. The smallest absolute Gasteiger partial charge is 0.231 e. The maximum atomic E-state index is 12.0. The summed E-state index contributed by atoms with van der Waals surface area (Å²) in [7, 11) is 0. The van der Waals surface area contributed by atoms with Crippen LogP contribution >= 0.6 is 15.9 Å². The number of pyridine rings is 1. The van der Waals surface area contributed by atoms with E-state index in [4.69, 9.17) is 5.73 Å². The van der Waals surface area contributed by atoms with Gasteiger partial charge in [0.15, 0.2) is 0 Å². The van der Waals surface area contributed by atoms with Crippen LogP contribution in [0.3, 0.4) is 0 Å². The van der Waals surface area contributed by atoms with Gasteiger partial charge in [0, 0.05) is 6.54 Å². The van der Waals surface area contributed by atoms with E-state index in [1.165, 1.54) is 0 Å². The Morgan fingerprint density at radius 1 is 1.56 bits per heavy atom. The molecule has 0 atom stereocenters. The molecule has 0 saturated heterocycles. The molecule has 1 aromatic rings. The molecule has 5 heteroatoms. The summed E-state index contributed by atoms with van der Waals surface area (Å²) in [5.74, 6) is 0.0189. The van der Waals surface area contributed by atoms with Gasteiger partial charge in [0.2, 0.25) is 5.91 Å². The fourth-order valence-corrected chi connectivity index (χ4v) is 2.08. The van der Waals surface area contributed by atoms with Crippen LogP contribution in [0.15, 0.2) is 22.9 Å². The van der Waals surface area contributed by atoms with E-state index >= 15 is 0 Å². The second-order valence-corrected chi connectivity index (χ2v) is 4.97. The van der Waals surface area contributed by atoms with E-state index in [9.17, 15) is 4.79 Å². The van der Waals surface area contributed by atoms with Crippen molar-refractivity contribution in [2.75, 3.05) is 11.9 Å². The van der Waals surface area contributed by atoms with Gasteiger partial charge < -0.3 is 11.1 Å². The van der Waals surface area contributed by atoms with E-state index < -0.39 is 0 Å². The average Bonchev–Trinajstić information content (AvgIpc) is 2.21. The molecule has 4 nitrogen and oxygen atoms in total. The number of nitrogens with zero attached hydrogens (tertiary/aromatic N) is 1. The third-order valence-corrected chi connectivity index (χ3v) is 3.64. The number of carbonyl (C=O) groups excluding carboxylic acids is 1. The zero-order valence-corrected chi connectivity index (χ0v) is 10.5. The predicted molar refractivity (Wildman–Crippen MR) is 65.9 cm³/mol. The van der Waals surface area contributed by atoms with Crippen LogP contribution in [-0.4, -0.2) is 17.4 Å². The number of hydrogen-bond acceptors (Lipinski definition) is 3. The van der Waals surface area contributed by atoms with Crippen LogP contribution in [0.4, 0.5) is 5.69 Å². The lowest BCUT2D eigenvalue weighted by molar-refractivity contribution is -0.129. The van der Waals surface area contributed by atoms with Gasteiger partial charge >= 0.3 is 0 Å². The summed E-state index contributed by atoms with van der Waals surface area (Å²) < 4.78 is 0.752. The molecule has 1 aromatic heterocycles. The van der Waals surface area contributed by atoms with Gasteiger partial charge in [0.05, 0.1) is 17.3 Å². The summed E-state index contributed by atoms with van der Waals surface area (Å²) in [6.07, 6.45) is 4.49. The van der Waals surface area contributed by atoms with Crippen molar-refractivity contribution in [3.8, 4) is 0 Å². The van der Waals surface area contributed by atoms with Gasteiger partial charge in [-0.1, -0.05) is 6.42 Å². The maximum Gasteiger partial charge on any atom is 0.231 e. The predicted octanol–water partition coefficient (Wildman–Crippen LogP) is 1.91. The lowest BCUT2D eigenvalue weighted by atomic mass is 9.68. The first kappa shape index (κ1) is 11.5. The molecule has 1 heterocycles. The summed E-state index contributed by atoms with van der Waals surface area (Å²) in [4.78, 5) is 16.1. The minimum Gasteiger partial charge on any atom is -0.329 e. The molecule has 0 aromatic carbocycles. The largest absolute Gasteiger partial charge is 0.329 e. The minimum absolute atomic E-state index is 0.0189. The number of carbonyl (C=O) groups is 1. The highest BCUT2D eigenvalue weighted by Crippen LogP contribution is 2.40. The topological polar surface area (TPSA) is 68.0 Å². The summed E-state index contributed by atoms with van der Waals surface area (Å²) in [6, 6.07) is 3.61. The number of nitrogens with one attached hydrogen (secondary N) is 1. The highest BCUT2D eigenvalue weighted by molar-refractivity contribution is 9.10. The van der Waals surface area contributed by atoms with Crippen LogP contribution < -0.4 is 11.1 Å². The Balaban J connectivity index is 2.04. The summed E-state index contributed by atoms with van der Waals surface area (Å²) >= 11 is 3.25. The fraction of sp³-hybridized carbons (Fsp3) is 0.455. The van der Waals surface area contributed by atoms with Crippen LogP contribution in [0.5, 0.6) is 0 Å². The van der Waals surface area contributed by atoms with Crippen LogP contribution in [0, 0.1) is 5.41 Å². The molecule has 1 aliphatic carbocycles. The molecular weight excluding hydrogens is 270 g/mol. The highest BCUT2D eigenvalue weighted by atomic mass is 79.9. The number of rotatable bonds is 3. The number of hydrogen-bond donors (Lipinski definition) is 2. The van der Waals surface area contributed by atoms with Crippen molar-refractivity contribution in [2.24, 2.45) is 11.1 Å². The van der Waals surface area contributed by atoms with Gasteiger partial charge in [-0.25, -0.2) is 4.98 Å². The Hall–Kier alpha value is -0.940. The molecule has 0 unspecified atom stereocenters. The molecule has 0 bridgehead atoms. The Morgan fingerprint density at radius 2 is 2.31 bits per heavy atom. The number of nitrogens with two attached hydrogens (primary N) is 1. The quantitative estimate of drug-likeness (QED) is 0.833. The standard InChI is InChI=1S/C11H14BrN3O/c12-9-3-2-8(6-14-9)15-10(16)11(7-13)4-1-5-11/h2-3,6H,1,4-5,7,13H2,(H,15,16). The van der Waals surface area contributed by atoms with Crippen molar-refractivity contribution < 1.29 is 4.79 Å². The van der Waals surface area contributed by atoms with Crippen molar-refractivity contribution in [3.05, 3.63) is 22.9 Å². The lowest BCUT2D eigenvalue weighted by Gasteiger charge is -2.38. The Labute approximate surface area is 103 Å². The van der Waals surface area contributed by atoms with Gasteiger partial charge in [-0.2, -0.15) is 0 Å². The van der Waals surface area contributed by atoms with Crippen molar-refractivity contribution in [1.82, 2.24) is 4.98 Å². The van der Waals surface area contributed by atoms with E-state index in [1.807, 2.05) is 6.07 Å². The van der Waals surface area contributed by atoms with E-state index in [1.54, 1.807) is 12.3 Å². The molecular formula is C11H14BrN3O. The third kappa shape index (κ3) is 2.10.